The molecule has 2 aliphatic heterocycles. The third kappa shape index (κ3) is 4.39. The number of aromatic nitrogens is 2. The molecule has 1 saturated heterocycles. The van der Waals surface area contributed by atoms with Gasteiger partial charge in [0.25, 0.3) is 5.91 Å². The van der Waals surface area contributed by atoms with Crippen molar-refractivity contribution in [1.82, 2.24) is 20.2 Å². The van der Waals surface area contributed by atoms with Crippen molar-refractivity contribution in [3.63, 3.8) is 0 Å². The van der Waals surface area contributed by atoms with Crippen molar-refractivity contribution in [2.24, 2.45) is 0 Å². The summed E-state index contributed by atoms with van der Waals surface area (Å²) in [5.74, 6) is -1.45. The van der Waals surface area contributed by atoms with E-state index in [1.54, 1.807) is 37.4 Å². The average Bonchev–Trinajstić information content (AvgIpc) is 3.44. The molecule has 4 atom stereocenters. The summed E-state index contributed by atoms with van der Waals surface area (Å²) in [5.41, 5.74) is 2.30. The summed E-state index contributed by atoms with van der Waals surface area (Å²) in [6.45, 7) is 0.204. The summed E-state index contributed by atoms with van der Waals surface area (Å²) in [6, 6.07) is 12.4. The molecule has 3 amide bonds. The summed E-state index contributed by atoms with van der Waals surface area (Å²) in [7, 11) is 0. The molecule has 206 valence electrons. The molecule has 1 aliphatic carbocycles. The maximum atomic E-state index is 13.4. The van der Waals surface area contributed by atoms with Crippen LogP contribution in [0.15, 0.2) is 60.9 Å². The van der Waals surface area contributed by atoms with Crippen molar-refractivity contribution >= 4 is 23.5 Å². The molecule has 3 aromatic rings. The second-order valence-electron chi connectivity index (χ2n) is 10.7. The van der Waals surface area contributed by atoms with E-state index < -0.39 is 48.0 Å². The van der Waals surface area contributed by atoms with Gasteiger partial charge in [0.2, 0.25) is 11.8 Å². The standard InChI is InChI=1S/C29H26F3N5O3/c1-16-20(17-6-3-2-4-7-17)11-22(26(39)37(16)15-29(30,31)32)35-25(38)19-10-18-12-28(13-23(18)34-14-19)21-8-5-9-33-24(21)36-27(28)40/h2-10,14,16,20,22H,11-13,15H2,1H3,(H,35,38)(H,33,36,40)/t16?,20?,22-,28-/m0/s1. The van der Waals surface area contributed by atoms with Crippen molar-refractivity contribution in [3.8, 4) is 0 Å². The summed E-state index contributed by atoms with van der Waals surface area (Å²) < 4.78 is 40.3. The summed E-state index contributed by atoms with van der Waals surface area (Å²) in [5, 5.41) is 5.49. The van der Waals surface area contributed by atoms with Crippen LogP contribution in [0.1, 0.15) is 52.0 Å². The van der Waals surface area contributed by atoms with Gasteiger partial charge >= 0.3 is 6.18 Å². The highest BCUT2D eigenvalue weighted by Crippen LogP contribution is 2.46. The Labute approximate surface area is 228 Å². The Bertz CT molecular complexity index is 1510. The number of benzene rings is 1. The molecule has 1 spiro atoms. The number of halogens is 3. The zero-order chi connectivity index (χ0) is 28.2. The first kappa shape index (κ1) is 26.0. The third-order valence-electron chi connectivity index (χ3n) is 8.30. The molecular formula is C29H26F3N5O3. The molecule has 2 N–H and O–H groups in total. The number of hydrogen-bond donors (Lipinski definition) is 2. The van der Waals surface area contributed by atoms with Crippen LogP contribution in [-0.2, 0) is 27.8 Å². The van der Waals surface area contributed by atoms with E-state index in [1.165, 1.54) is 6.20 Å². The van der Waals surface area contributed by atoms with Crippen LogP contribution in [0.25, 0.3) is 0 Å². The molecule has 0 bridgehead atoms. The zero-order valence-corrected chi connectivity index (χ0v) is 21.5. The molecule has 1 aromatic carbocycles. The van der Waals surface area contributed by atoms with Crippen LogP contribution in [-0.4, -0.2) is 57.4 Å². The summed E-state index contributed by atoms with van der Waals surface area (Å²) >= 11 is 0. The minimum absolute atomic E-state index is 0.162. The molecule has 11 heteroatoms. The lowest BCUT2D eigenvalue weighted by Gasteiger charge is -2.43. The first-order valence-electron chi connectivity index (χ1n) is 13.0. The first-order valence-corrected chi connectivity index (χ1v) is 13.0. The smallest absolute Gasteiger partial charge is 0.340 e. The topological polar surface area (TPSA) is 104 Å². The Morgan fingerprint density at radius 3 is 2.65 bits per heavy atom. The molecule has 1 fully saturated rings. The number of hydrogen-bond acceptors (Lipinski definition) is 5. The quantitative estimate of drug-likeness (QED) is 0.518. The average molecular weight is 550 g/mol. The number of nitrogens with zero attached hydrogens (tertiary/aromatic N) is 3. The first-order chi connectivity index (χ1) is 19.1. The Kier molecular flexibility index (Phi) is 6.12. The minimum atomic E-state index is -4.59. The van der Waals surface area contributed by atoms with Gasteiger partial charge in [-0.3, -0.25) is 19.4 Å². The SMILES string of the molecule is CC1C(c2ccccc2)C[C@H](NC(=O)c2cnc3c(c2)C[C@@]2(C3)C(=O)Nc3ncccc32)C(=O)N1CC(F)(F)F. The number of anilines is 1. The van der Waals surface area contributed by atoms with E-state index in [-0.39, 0.29) is 17.9 Å². The van der Waals surface area contributed by atoms with Gasteiger partial charge in [-0.15, -0.1) is 0 Å². The van der Waals surface area contributed by atoms with Crippen molar-refractivity contribution in [2.75, 3.05) is 11.9 Å². The third-order valence-corrected chi connectivity index (χ3v) is 8.30. The normalized spacial score (nSPS) is 25.5. The number of likely N-dealkylation sites (tertiary alicyclic amines) is 1. The highest BCUT2D eigenvalue weighted by atomic mass is 19.4. The number of carbonyl (C=O) groups is 3. The highest BCUT2D eigenvalue weighted by molar-refractivity contribution is 6.06. The lowest BCUT2D eigenvalue weighted by atomic mass is 9.80. The van der Waals surface area contributed by atoms with Crippen LogP contribution in [0.4, 0.5) is 19.0 Å². The van der Waals surface area contributed by atoms with E-state index in [0.29, 0.717) is 24.4 Å². The number of fused-ring (bicyclic) bond motifs is 3. The Morgan fingerprint density at radius 2 is 1.90 bits per heavy atom. The number of rotatable bonds is 4. The number of nitrogens with one attached hydrogen (secondary N) is 2. The predicted octanol–water partition coefficient (Wildman–Crippen LogP) is 3.53. The van der Waals surface area contributed by atoms with Gasteiger partial charge in [0, 0.05) is 42.0 Å². The Morgan fingerprint density at radius 1 is 1.12 bits per heavy atom. The fourth-order valence-electron chi connectivity index (χ4n) is 6.30. The lowest BCUT2D eigenvalue weighted by Crippen LogP contribution is -2.59. The maximum Gasteiger partial charge on any atom is 0.406 e. The number of carbonyl (C=O) groups excluding carboxylic acids is 3. The number of piperidine rings is 1. The molecule has 8 nitrogen and oxygen atoms in total. The summed E-state index contributed by atoms with van der Waals surface area (Å²) in [6.07, 6.45) is -0.753. The van der Waals surface area contributed by atoms with Crippen LogP contribution < -0.4 is 10.6 Å². The van der Waals surface area contributed by atoms with E-state index in [4.69, 9.17) is 0 Å². The Balaban J connectivity index is 1.25. The molecule has 6 rings (SSSR count). The highest BCUT2D eigenvalue weighted by Gasteiger charge is 2.52. The van der Waals surface area contributed by atoms with Gasteiger partial charge in [-0.05, 0) is 43.0 Å². The number of pyridine rings is 2. The van der Waals surface area contributed by atoms with E-state index in [2.05, 4.69) is 20.6 Å². The van der Waals surface area contributed by atoms with Crippen molar-refractivity contribution < 1.29 is 27.6 Å². The molecule has 2 unspecified atom stereocenters. The van der Waals surface area contributed by atoms with E-state index in [1.807, 2.05) is 24.3 Å². The second kappa shape index (κ2) is 9.42. The maximum absolute atomic E-state index is 13.4. The zero-order valence-electron chi connectivity index (χ0n) is 21.5. The van der Waals surface area contributed by atoms with Crippen LogP contribution in [0.3, 0.4) is 0 Å². The van der Waals surface area contributed by atoms with Crippen LogP contribution >= 0.6 is 0 Å². The number of amides is 3. The largest absolute Gasteiger partial charge is 0.406 e. The van der Waals surface area contributed by atoms with Gasteiger partial charge in [-0.1, -0.05) is 36.4 Å². The number of alkyl halides is 3. The van der Waals surface area contributed by atoms with Crippen molar-refractivity contribution in [1.29, 1.82) is 0 Å². The van der Waals surface area contributed by atoms with Gasteiger partial charge in [-0.25, -0.2) is 4.98 Å². The molecule has 40 heavy (non-hydrogen) atoms. The van der Waals surface area contributed by atoms with Crippen LogP contribution in [0, 0.1) is 0 Å². The molecule has 0 radical (unpaired) electrons. The summed E-state index contributed by atoms with van der Waals surface area (Å²) in [4.78, 5) is 49.0. The van der Waals surface area contributed by atoms with Crippen molar-refractivity contribution in [2.45, 2.75) is 55.8 Å². The van der Waals surface area contributed by atoms with Gasteiger partial charge in [0.05, 0.1) is 11.0 Å². The fraction of sp³-hybridized carbons (Fsp3) is 0.345. The monoisotopic (exact) mass is 549 g/mol. The Hall–Kier alpha value is -4.28. The van der Waals surface area contributed by atoms with Crippen molar-refractivity contribution in [3.05, 3.63) is 88.9 Å². The van der Waals surface area contributed by atoms with E-state index >= 15 is 0 Å². The second-order valence-corrected chi connectivity index (χ2v) is 10.7. The lowest BCUT2D eigenvalue weighted by molar-refractivity contribution is -0.170. The van der Waals surface area contributed by atoms with Crippen LogP contribution in [0.5, 0.6) is 0 Å². The molecule has 4 heterocycles. The van der Waals surface area contributed by atoms with Crippen LogP contribution in [0.2, 0.25) is 0 Å². The molecular weight excluding hydrogens is 523 g/mol. The molecule has 2 aromatic heterocycles. The van der Waals surface area contributed by atoms with E-state index in [9.17, 15) is 27.6 Å². The van der Waals surface area contributed by atoms with E-state index in [0.717, 1.165) is 21.6 Å². The van der Waals surface area contributed by atoms with Gasteiger partial charge < -0.3 is 15.5 Å². The fourth-order valence-corrected chi connectivity index (χ4v) is 6.30. The predicted molar refractivity (Wildman–Crippen MR) is 138 cm³/mol. The molecule has 3 aliphatic rings. The minimum Gasteiger partial charge on any atom is -0.340 e. The van der Waals surface area contributed by atoms with Gasteiger partial charge in [0.15, 0.2) is 0 Å². The van der Waals surface area contributed by atoms with Gasteiger partial charge in [0.1, 0.15) is 18.4 Å². The van der Waals surface area contributed by atoms with Gasteiger partial charge in [-0.2, -0.15) is 13.2 Å². The molecule has 0 saturated carbocycles.